The standard InChI is InChI=1S/C11H13NO3.C4H9NO/c1-8(13)12-10(11(14)15)7-9-5-3-2-4-6-9;1-3-5-4(2)6/h2-6,10H,7H2,1H3,(H,12,13)(H,14,15);3H2,1-2H3,(H,5,6). The molecule has 1 aromatic rings. The Morgan fingerprint density at radius 1 is 1.10 bits per heavy atom. The molecular formula is C15H22N2O4. The summed E-state index contributed by atoms with van der Waals surface area (Å²) in [5.41, 5.74) is 0.888. The van der Waals surface area contributed by atoms with Gasteiger partial charge in [-0.2, -0.15) is 0 Å². The van der Waals surface area contributed by atoms with Crippen molar-refractivity contribution < 1.29 is 19.5 Å². The van der Waals surface area contributed by atoms with Gasteiger partial charge in [-0.05, 0) is 12.5 Å². The highest BCUT2D eigenvalue weighted by Crippen LogP contribution is 2.03. The van der Waals surface area contributed by atoms with Crippen molar-refractivity contribution in [2.75, 3.05) is 6.54 Å². The lowest BCUT2D eigenvalue weighted by molar-refractivity contribution is -0.141. The van der Waals surface area contributed by atoms with Crippen LogP contribution in [0.3, 0.4) is 0 Å². The number of rotatable bonds is 5. The Morgan fingerprint density at radius 2 is 1.67 bits per heavy atom. The van der Waals surface area contributed by atoms with E-state index in [1.54, 1.807) is 0 Å². The molecule has 1 atom stereocenters. The van der Waals surface area contributed by atoms with Gasteiger partial charge in [-0.25, -0.2) is 4.79 Å². The molecule has 0 aliphatic rings. The van der Waals surface area contributed by atoms with E-state index in [0.717, 1.165) is 12.1 Å². The van der Waals surface area contributed by atoms with Gasteiger partial charge in [0, 0.05) is 26.8 Å². The van der Waals surface area contributed by atoms with Gasteiger partial charge in [0.15, 0.2) is 0 Å². The molecule has 0 heterocycles. The van der Waals surface area contributed by atoms with E-state index < -0.39 is 12.0 Å². The molecule has 0 aliphatic heterocycles. The van der Waals surface area contributed by atoms with Crippen LogP contribution in [0.5, 0.6) is 0 Å². The zero-order chi connectivity index (χ0) is 16.3. The van der Waals surface area contributed by atoms with E-state index in [-0.39, 0.29) is 11.8 Å². The van der Waals surface area contributed by atoms with Gasteiger partial charge < -0.3 is 15.7 Å². The number of carboxylic acid groups (broad SMARTS) is 1. The van der Waals surface area contributed by atoms with Gasteiger partial charge in [-0.3, -0.25) is 9.59 Å². The minimum atomic E-state index is -1.02. The van der Waals surface area contributed by atoms with Crippen LogP contribution in [0, 0.1) is 0 Å². The van der Waals surface area contributed by atoms with Crippen molar-refractivity contribution in [2.24, 2.45) is 0 Å². The lowest BCUT2D eigenvalue weighted by Gasteiger charge is -2.12. The third-order valence-corrected chi connectivity index (χ3v) is 2.38. The van der Waals surface area contributed by atoms with E-state index in [4.69, 9.17) is 5.11 Å². The highest BCUT2D eigenvalue weighted by Gasteiger charge is 2.18. The van der Waals surface area contributed by atoms with Crippen LogP contribution in [-0.4, -0.2) is 35.5 Å². The van der Waals surface area contributed by atoms with Gasteiger partial charge in [-0.1, -0.05) is 30.3 Å². The van der Waals surface area contributed by atoms with E-state index in [1.807, 2.05) is 37.3 Å². The summed E-state index contributed by atoms with van der Waals surface area (Å²) in [6.45, 7) is 5.43. The number of carbonyl (C=O) groups excluding carboxylic acids is 2. The van der Waals surface area contributed by atoms with Crippen molar-refractivity contribution >= 4 is 17.8 Å². The summed E-state index contributed by atoms with van der Waals surface area (Å²) < 4.78 is 0. The fraction of sp³-hybridized carbons (Fsp3) is 0.400. The van der Waals surface area contributed by atoms with Crippen molar-refractivity contribution in [3.63, 3.8) is 0 Å². The lowest BCUT2D eigenvalue weighted by atomic mass is 10.1. The van der Waals surface area contributed by atoms with Gasteiger partial charge in [0.25, 0.3) is 0 Å². The van der Waals surface area contributed by atoms with E-state index >= 15 is 0 Å². The third kappa shape index (κ3) is 10.1. The summed E-state index contributed by atoms with van der Waals surface area (Å²) in [7, 11) is 0. The van der Waals surface area contributed by atoms with Crippen LogP contribution in [0.25, 0.3) is 0 Å². The van der Waals surface area contributed by atoms with E-state index in [9.17, 15) is 14.4 Å². The van der Waals surface area contributed by atoms with E-state index in [0.29, 0.717) is 6.42 Å². The van der Waals surface area contributed by atoms with Crippen LogP contribution >= 0.6 is 0 Å². The first-order valence-corrected chi connectivity index (χ1v) is 6.65. The van der Waals surface area contributed by atoms with E-state index in [1.165, 1.54) is 13.8 Å². The van der Waals surface area contributed by atoms with Crippen LogP contribution in [0.2, 0.25) is 0 Å². The summed E-state index contributed by atoms with van der Waals surface area (Å²) in [5, 5.41) is 13.8. The van der Waals surface area contributed by atoms with Crippen LogP contribution in [0.15, 0.2) is 30.3 Å². The Morgan fingerprint density at radius 3 is 2.00 bits per heavy atom. The largest absolute Gasteiger partial charge is 0.480 e. The molecular weight excluding hydrogens is 272 g/mol. The highest BCUT2D eigenvalue weighted by atomic mass is 16.4. The van der Waals surface area contributed by atoms with Crippen molar-refractivity contribution in [3.05, 3.63) is 35.9 Å². The number of hydrogen-bond acceptors (Lipinski definition) is 3. The molecule has 1 unspecified atom stereocenters. The van der Waals surface area contributed by atoms with Crippen LogP contribution in [0.1, 0.15) is 26.3 Å². The summed E-state index contributed by atoms with van der Waals surface area (Å²) in [6.07, 6.45) is 0.301. The van der Waals surface area contributed by atoms with Crippen molar-refractivity contribution in [2.45, 2.75) is 33.2 Å². The smallest absolute Gasteiger partial charge is 0.326 e. The Labute approximate surface area is 124 Å². The zero-order valence-electron chi connectivity index (χ0n) is 12.6. The molecule has 2 amide bonds. The first-order chi connectivity index (χ1) is 9.86. The van der Waals surface area contributed by atoms with Gasteiger partial charge in [0.05, 0.1) is 0 Å². The van der Waals surface area contributed by atoms with Crippen LogP contribution < -0.4 is 10.6 Å². The summed E-state index contributed by atoms with van der Waals surface area (Å²) in [5.74, 6) is -1.31. The van der Waals surface area contributed by atoms with Crippen LogP contribution in [-0.2, 0) is 20.8 Å². The topological polar surface area (TPSA) is 95.5 Å². The van der Waals surface area contributed by atoms with E-state index in [2.05, 4.69) is 10.6 Å². The van der Waals surface area contributed by atoms with Crippen molar-refractivity contribution in [3.8, 4) is 0 Å². The quantitative estimate of drug-likeness (QED) is 0.753. The summed E-state index contributed by atoms with van der Waals surface area (Å²) >= 11 is 0. The molecule has 116 valence electrons. The number of carboxylic acids is 1. The molecule has 1 aromatic carbocycles. The molecule has 0 saturated carbocycles. The minimum Gasteiger partial charge on any atom is -0.480 e. The second kappa shape index (κ2) is 10.4. The number of hydrogen-bond donors (Lipinski definition) is 3. The van der Waals surface area contributed by atoms with Crippen molar-refractivity contribution in [1.29, 1.82) is 0 Å². The average Bonchev–Trinajstić information content (AvgIpc) is 2.39. The Hall–Kier alpha value is -2.37. The molecule has 3 N–H and O–H groups in total. The molecule has 0 fully saturated rings. The van der Waals surface area contributed by atoms with Gasteiger partial charge in [0.1, 0.15) is 6.04 Å². The van der Waals surface area contributed by atoms with Gasteiger partial charge in [-0.15, -0.1) is 0 Å². The van der Waals surface area contributed by atoms with Gasteiger partial charge in [0.2, 0.25) is 11.8 Å². The second-order valence-corrected chi connectivity index (χ2v) is 4.37. The fourth-order valence-corrected chi connectivity index (χ4v) is 1.54. The van der Waals surface area contributed by atoms with Crippen molar-refractivity contribution in [1.82, 2.24) is 10.6 Å². The molecule has 21 heavy (non-hydrogen) atoms. The number of benzene rings is 1. The maximum Gasteiger partial charge on any atom is 0.326 e. The fourth-order valence-electron chi connectivity index (χ4n) is 1.54. The lowest BCUT2D eigenvalue weighted by Crippen LogP contribution is -2.41. The third-order valence-electron chi connectivity index (χ3n) is 2.38. The Bertz CT molecular complexity index is 460. The SMILES string of the molecule is CC(=O)NC(Cc1ccccc1)C(=O)O.CCNC(C)=O. The molecule has 0 spiro atoms. The molecule has 0 saturated heterocycles. The minimum absolute atomic E-state index is 0.0394. The first-order valence-electron chi connectivity index (χ1n) is 6.65. The number of aliphatic carboxylic acids is 1. The first kappa shape index (κ1) is 18.6. The molecule has 0 bridgehead atoms. The average molecular weight is 294 g/mol. The summed E-state index contributed by atoms with van der Waals surface area (Å²) in [4.78, 5) is 31.5. The Balaban J connectivity index is 0.000000567. The van der Waals surface area contributed by atoms with Gasteiger partial charge >= 0.3 is 5.97 Å². The number of carbonyl (C=O) groups is 3. The molecule has 0 aliphatic carbocycles. The predicted octanol–water partition coefficient (Wildman–Crippen LogP) is 0.961. The second-order valence-electron chi connectivity index (χ2n) is 4.37. The van der Waals surface area contributed by atoms with Crippen LogP contribution in [0.4, 0.5) is 0 Å². The number of amides is 2. The number of nitrogens with one attached hydrogen (secondary N) is 2. The maximum atomic E-state index is 10.8. The zero-order valence-corrected chi connectivity index (χ0v) is 12.6. The monoisotopic (exact) mass is 294 g/mol. The normalized spacial score (nSPS) is 10.6. The predicted molar refractivity (Wildman–Crippen MR) is 79.7 cm³/mol. The molecule has 0 aromatic heterocycles. The summed E-state index contributed by atoms with van der Waals surface area (Å²) in [6, 6.07) is 8.34. The molecule has 6 heteroatoms. The molecule has 6 nitrogen and oxygen atoms in total. The Kier molecular flexibility index (Phi) is 9.25. The molecule has 1 rings (SSSR count). The molecule has 0 radical (unpaired) electrons. The maximum absolute atomic E-state index is 10.8. The highest BCUT2D eigenvalue weighted by molar-refractivity contribution is 5.82.